The summed E-state index contributed by atoms with van der Waals surface area (Å²) in [6, 6.07) is 0. The predicted octanol–water partition coefficient (Wildman–Crippen LogP) is 2.18. The van der Waals surface area contributed by atoms with Crippen LogP contribution in [0.5, 0.6) is 0 Å². The summed E-state index contributed by atoms with van der Waals surface area (Å²) in [6.45, 7) is 5.11. The fourth-order valence-electron chi connectivity index (χ4n) is 0.848. The molecule has 0 amide bonds. The molecular formula is C7H9BClY. The predicted molar refractivity (Wildman–Crippen MR) is 45.6 cm³/mol. The first-order valence-corrected chi connectivity index (χ1v) is 6.89. The molecule has 0 nitrogen and oxygen atoms in total. The Hall–Kier alpha value is 0.809. The third kappa shape index (κ3) is 2.45. The summed E-state index contributed by atoms with van der Waals surface area (Å²) >= 11 is 5.22. The zero-order chi connectivity index (χ0) is 7.56. The molecule has 0 radical (unpaired) electrons. The summed E-state index contributed by atoms with van der Waals surface area (Å²) in [5.74, 6) is 0. The second-order valence-electron chi connectivity index (χ2n) is 2.71. The van der Waals surface area contributed by atoms with Gasteiger partial charge >= 0.3 is 82.9 Å². The van der Waals surface area contributed by atoms with E-state index in [-0.39, 0.29) is 0 Å². The molecule has 0 unspecified atom stereocenters. The van der Waals surface area contributed by atoms with Gasteiger partial charge in [-0.3, -0.25) is 0 Å². The molecule has 1 aliphatic rings. The van der Waals surface area contributed by atoms with Gasteiger partial charge in [-0.05, 0) is 0 Å². The van der Waals surface area contributed by atoms with Crippen molar-refractivity contribution in [3.8, 4) is 0 Å². The summed E-state index contributed by atoms with van der Waals surface area (Å²) in [5, 5.41) is 0. The molecule has 0 fully saturated rings. The number of allylic oxidation sites excluding steroid dienone is 3. The van der Waals surface area contributed by atoms with E-state index in [0.29, 0.717) is 6.71 Å². The van der Waals surface area contributed by atoms with Crippen molar-refractivity contribution in [1.29, 1.82) is 0 Å². The molecule has 0 bridgehead atoms. The van der Waals surface area contributed by atoms with Crippen LogP contribution in [0.25, 0.3) is 0 Å². The summed E-state index contributed by atoms with van der Waals surface area (Å²) < 4.78 is 3.50. The standard InChI is InChI=1S/C7H9BCl.Y/c1-7(8(2)3)5-4-6-9;/h1,4-5H,2-3H3;. The zero-order valence-electron chi connectivity index (χ0n) is 6.26. The first-order valence-electron chi connectivity index (χ1n) is 3.45. The van der Waals surface area contributed by atoms with E-state index in [1.165, 1.54) is 5.47 Å². The second kappa shape index (κ2) is 3.99. The van der Waals surface area contributed by atoms with Gasteiger partial charge < -0.3 is 0 Å². The van der Waals surface area contributed by atoms with Crippen molar-refractivity contribution in [2.24, 2.45) is 0 Å². The number of halogens is 1. The van der Waals surface area contributed by atoms with E-state index < -0.39 is 28.7 Å². The van der Waals surface area contributed by atoms with Gasteiger partial charge in [-0.25, -0.2) is 0 Å². The van der Waals surface area contributed by atoms with Crippen molar-refractivity contribution in [2.45, 2.75) is 13.6 Å². The molecule has 0 N–H and O–H groups in total. The molecular weight excluding hydrogens is 219 g/mol. The zero-order valence-corrected chi connectivity index (χ0v) is 9.86. The Balaban J connectivity index is 2.78. The van der Waals surface area contributed by atoms with Crippen molar-refractivity contribution < 1.29 is 28.7 Å². The van der Waals surface area contributed by atoms with Gasteiger partial charge in [-0.15, -0.1) is 0 Å². The normalized spacial score (nSPS) is 15.5. The summed E-state index contributed by atoms with van der Waals surface area (Å²) in [5.41, 5.74) is 1.48. The number of hydrogen-bond donors (Lipinski definition) is 0. The van der Waals surface area contributed by atoms with Crippen molar-refractivity contribution >= 4 is 21.1 Å². The van der Waals surface area contributed by atoms with Crippen LogP contribution in [0.3, 0.4) is 0 Å². The van der Waals surface area contributed by atoms with Crippen molar-refractivity contribution in [1.82, 2.24) is 0 Å². The SMILES string of the molecule is CB(C)C1=CC=[C](Cl)[Y]=[CH]1. The Labute approximate surface area is 82.2 Å². The van der Waals surface area contributed by atoms with E-state index in [0.717, 1.165) is 1.84 Å². The molecule has 0 aliphatic carbocycles. The van der Waals surface area contributed by atoms with Gasteiger partial charge in [0.15, 0.2) is 0 Å². The molecule has 50 valence electrons. The van der Waals surface area contributed by atoms with Crippen molar-refractivity contribution in [2.75, 3.05) is 0 Å². The Morgan fingerprint density at radius 3 is 2.50 bits per heavy atom. The van der Waals surface area contributed by atoms with Gasteiger partial charge in [0.25, 0.3) is 0 Å². The number of hydrogen-bond acceptors (Lipinski definition) is 0. The summed E-state index contributed by atoms with van der Waals surface area (Å²) in [4.78, 5) is 0. The van der Waals surface area contributed by atoms with Crippen molar-refractivity contribution in [3.05, 3.63) is 19.5 Å². The average Bonchev–Trinajstić information content (AvgIpc) is 1.88. The molecule has 1 rings (SSSR count). The Bertz CT molecular complexity index is 216. The molecule has 1 heterocycles. The van der Waals surface area contributed by atoms with Crippen LogP contribution in [-0.4, -0.2) is 9.52 Å². The van der Waals surface area contributed by atoms with Crippen LogP contribution in [0.1, 0.15) is 0 Å². The molecule has 0 aromatic heterocycles. The molecule has 0 aromatic rings. The Morgan fingerprint density at radius 2 is 2.10 bits per heavy atom. The molecule has 10 heavy (non-hydrogen) atoms. The van der Waals surface area contributed by atoms with E-state index in [4.69, 9.17) is 11.6 Å². The van der Waals surface area contributed by atoms with Crippen LogP contribution in [0.15, 0.2) is 19.5 Å². The van der Waals surface area contributed by atoms with E-state index >= 15 is 0 Å². The third-order valence-electron chi connectivity index (χ3n) is 1.54. The van der Waals surface area contributed by atoms with E-state index in [1.807, 2.05) is 0 Å². The Morgan fingerprint density at radius 1 is 1.40 bits per heavy atom. The quantitative estimate of drug-likeness (QED) is 0.603. The van der Waals surface area contributed by atoms with Gasteiger partial charge in [0.05, 0.1) is 0 Å². The number of rotatable bonds is 1. The van der Waals surface area contributed by atoms with Gasteiger partial charge in [0.1, 0.15) is 0 Å². The molecule has 3 heteroatoms. The van der Waals surface area contributed by atoms with Crippen LogP contribution in [0.2, 0.25) is 13.6 Å². The van der Waals surface area contributed by atoms with Crippen LogP contribution in [-0.2, 0) is 28.7 Å². The van der Waals surface area contributed by atoms with Gasteiger partial charge in [0.2, 0.25) is 0 Å². The molecule has 0 saturated carbocycles. The van der Waals surface area contributed by atoms with Crippen LogP contribution >= 0.6 is 11.6 Å². The molecule has 0 aromatic carbocycles. The monoisotopic (exact) mass is 228 g/mol. The summed E-state index contributed by atoms with van der Waals surface area (Å²) in [6.07, 6.45) is 4.21. The fourth-order valence-corrected chi connectivity index (χ4v) is 3.88. The van der Waals surface area contributed by atoms with E-state index in [2.05, 4.69) is 28.6 Å². The fraction of sp³-hybridized carbons (Fsp3) is 0.286. The summed E-state index contributed by atoms with van der Waals surface area (Å²) in [7, 11) is 0. The average molecular weight is 228 g/mol. The van der Waals surface area contributed by atoms with E-state index in [9.17, 15) is 0 Å². The topological polar surface area (TPSA) is 0 Å². The van der Waals surface area contributed by atoms with Gasteiger partial charge in [-0.2, -0.15) is 0 Å². The molecule has 0 saturated heterocycles. The first kappa shape index (κ1) is 8.90. The van der Waals surface area contributed by atoms with Crippen LogP contribution < -0.4 is 0 Å². The second-order valence-corrected chi connectivity index (χ2v) is 7.21. The van der Waals surface area contributed by atoms with Crippen molar-refractivity contribution in [3.63, 3.8) is 0 Å². The van der Waals surface area contributed by atoms with Crippen LogP contribution in [0, 0.1) is 0 Å². The van der Waals surface area contributed by atoms with Gasteiger partial charge in [0, 0.05) is 0 Å². The third-order valence-corrected chi connectivity index (χ3v) is 5.02. The minimum absolute atomic E-state index is 0.641. The van der Waals surface area contributed by atoms with E-state index in [1.54, 1.807) is 0 Å². The molecule has 0 atom stereocenters. The molecule has 1 aliphatic heterocycles. The maximum atomic E-state index is 5.86. The van der Waals surface area contributed by atoms with Crippen LogP contribution in [0.4, 0.5) is 0 Å². The first-order chi connectivity index (χ1) is 4.70. The van der Waals surface area contributed by atoms with Gasteiger partial charge in [-0.1, -0.05) is 0 Å². The maximum absolute atomic E-state index is 5.86. The molecule has 0 spiro atoms. The minimum atomic E-state index is -0.641. The Kier molecular flexibility index (Phi) is 3.55.